The van der Waals surface area contributed by atoms with E-state index in [9.17, 15) is 4.79 Å². The Bertz CT molecular complexity index is 1130. The van der Waals surface area contributed by atoms with Crippen LogP contribution in [0.1, 0.15) is 55.3 Å². The normalized spacial score (nSPS) is 20.1. The van der Waals surface area contributed by atoms with E-state index in [2.05, 4.69) is 19.1 Å². The number of carbonyl (C=O) groups excluding carboxylic acids is 1. The van der Waals surface area contributed by atoms with Gasteiger partial charge in [-0.1, -0.05) is 12.8 Å². The number of methoxy groups -OCH3 is 3. The van der Waals surface area contributed by atoms with E-state index < -0.39 is 0 Å². The maximum atomic E-state index is 13.5. The smallest absolute Gasteiger partial charge is 0.247 e. The Kier molecular flexibility index (Phi) is 6.26. The molecule has 5 rings (SSSR count). The van der Waals surface area contributed by atoms with Crippen molar-refractivity contribution in [3.8, 4) is 28.7 Å². The van der Waals surface area contributed by atoms with Crippen LogP contribution in [-0.2, 0) is 10.2 Å². The standard InChI is InChI=1S/C28H33NO6/c1-18-20-15-22-23(35-12-11-34-22)16-21(20)28(9-5-6-10-28)17-29(18)26(30)8-7-19-13-24(31-2)27(33-4)25(14-19)32-3/h7-8,13-16,18H,5-6,9-12,17H2,1-4H3/b8-7+. The second-order valence-electron chi connectivity index (χ2n) is 9.50. The summed E-state index contributed by atoms with van der Waals surface area (Å²) >= 11 is 0. The predicted octanol–water partition coefficient (Wildman–Crippen LogP) is 4.91. The van der Waals surface area contributed by atoms with Crippen LogP contribution in [0.5, 0.6) is 28.7 Å². The number of fused-ring (bicyclic) bond motifs is 3. The van der Waals surface area contributed by atoms with Gasteiger partial charge >= 0.3 is 0 Å². The zero-order valence-corrected chi connectivity index (χ0v) is 20.9. The van der Waals surface area contributed by atoms with Crippen molar-refractivity contribution in [3.63, 3.8) is 0 Å². The Morgan fingerprint density at radius 2 is 1.60 bits per heavy atom. The highest BCUT2D eigenvalue weighted by molar-refractivity contribution is 5.92. The fourth-order valence-corrected chi connectivity index (χ4v) is 5.83. The topological polar surface area (TPSA) is 66.5 Å². The summed E-state index contributed by atoms with van der Waals surface area (Å²) in [6, 6.07) is 7.88. The highest BCUT2D eigenvalue weighted by atomic mass is 16.6. The number of amides is 1. The third kappa shape index (κ3) is 4.07. The Labute approximate surface area is 206 Å². The van der Waals surface area contributed by atoms with Crippen molar-refractivity contribution in [2.45, 2.75) is 44.1 Å². The van der Waals surface area contributed by atoms with E-state index >= 15 is 0 Å². The Morgan fingerprint density at radius 1 is 0.971 bits per heavy atom. The van der Waals surface area contributed by atoms with Crippen molar-refractivity contribution in [1.29, 1.82) is 0 Å². The molecule has 1 aliphatic carbocycles. The summed E-state index contributed by atoms with van der Waals surface area (Å²) in [5, 5.41) is 0. The molecule has 1 fully saturated rings. The number of carbonyl (C=O) groups is 1. The van der Waals surface area contributed by atoms with Crippen molar-refractivity contribution >= 4 is 12.0 Å². The molecule has 0 bridgehead atoms. The molecule has 1 amide bonds. The Balaban J connectivity index is 1.47. The fraction of sp³-hybridized carbons (Fsp3) is 0.464. The van der Waals surface area contributed by atoms with E-state index in [-0.39, 0.29) is 17.4 Å². The summed E-state index contributed by atoms with van der Waals surface area (Å²) in [4.78, 5) is 15.5. The van der Waals surface area contributed by atoms with Gasteiger partial charge in [-0.3, -0.25) is 4.79 Å². The maximum absolute atomic E-state index is 13.5. The molecular weight excluding hydrogens is 446 g/mol. The Morgan fingerprint density at radius 3 is 2.20 bits per heavy atom. The molecule has 35 heavy (non-hydrogen) atoms. The molecule has 186 valence electrons. The van der Waals surface area contributed by atoms with Crippen molar-refractivity contribution < 1.29 is 28.5 Å². The first-order chi connectivity index (χ1) is 17.0. The van der Waals surface area contributed by atoms with E-state index in [0.717, 1.165) is 35.5 Å². The van der Waals surface area contributed by atoms with Crippen LogP contribution in [0.15, 0.2) is 30.3 Å². The van der Waals surface area contributed by atoms with E-state index in [1.54, 1.807) is 33.5 Å². The fourth-order valence-electron chi connectivity index (χ4n) is 5.83. The third-order valence-corrected chi connectivity index (χ3v) is 7.63. The van der Waals surface area contributed by atoms with Crippen LogP contribution in [0, 0.1) is 0 Å². The van der Waals surface area contributed by atoms with Crippen LogP contribution < -0.4 is 23.7 Å². The average Bonchev–Trinajstić information content (AvgIpc) is 3.37. The molecule has 0 radical (unpaired) electrons. The van der Waals surface area contributed by atoms with Crippen molar-refractivity contribution in [3.05, 3.63) is 47.0 Å². The molecule has 2 heterocycles. The van der Waals surface area contributed by atoms with Gasteiger partial charge in [0.05, 0.1) is 27.4 Å². The van der Waals surface area contributed by atoms with Crippen LogP contribution in [0.4, 0.5) is 0 Å². The first-order valence-corrected chi connectivity index (χ1v) is 12.2. The second-order valence-corrected chi connectivity index (χ2v) is 9.50. The van der Waals surface area contributed by atoms with Gasteiger partial charge in [-0.15, -0.1) is 0 Å². The summed E-state index contributed by atoms with van der Waals surface area (Å²) in [7, 11) is 4.73. The van der Waals surface area contributed by atoms with Crippen LogP contribution in [0.25, 0.3) is 6.08 Å². The molecule has 0 saturated heterocycles. The van der Waals surface area contributed by atoms with Gasteiger partial charge in [-0.05, 0) is 66.8 Å². The first-order valence-electron chi connectivity index (χ1n) is 12.2. The monoisotopic (exact) mass is 479 g/mol. The lowest BCUT2D eigenvalue weighted by Crippen LogP contribution is -2.48. The van der Waals surface area contributed by atoms with Crippen LogP contribution >= 0.6 is 0 Å². The van der Waals surface area contributed by atoms with Crippen molar-refractivity contribution in [2.24, 2.45) is 0 Å². The molecule has 1 spiro atoms. The molecule has 7 heteroatoms. The molecule has 7 nitrogen and oxygen atoms in total. The summed E-state index contributed by atoms with van der Waals surface area (Å²) in [6.07, 6.45) is 7.94. The van der Waals surface area contributed by atoms with E-state index in [4.69, 9.17) is 23.7 Å². The number of hydrogen-bond donors (Lipinski definition) is 0. The summed E-state index contributed by atoms with van der Waals surface area (Å²) in [5.74, 6) is 3.22. The predicted molar refractivity (Wildman–Crippen MR) is 133 cm³/mol. The molecule has 3 aliphatic rings. The zero-order valence-electron chi connectivity index (χ0n) is 20.9. The van der Waals surface area contributed by atoms with Crippen LogP contribution in [-0.4, -0.2) is 51.9 Å². The lowest BCUT2D eigenvalue weighted by molar-refractivity contribution is -0.129. The molecule has 2 aliphatic heterocycles. The van der Waals surface area contributed by atoms with Gasteiger partial charge in [0, 0.05) is 18.0 Å². The molecule has 0 N–H and O–H groups in total. The quantitative estimate of drug-likeness (QED) is 0.568. The van der Waals surface area contributed by atoms with Gasteiger partial charge in [0.15, 0.2) is 23.0 Å². The van der Waals surface area contributed by atoms with E-state index in [0.29, 0.717) is 37.0 Å². The maximum Gasteiger partial charge on any atom is 0.247 e. The van der Waals surface area contributed by atoms with Gasteiger partial charge in [-0.2, -0.15) is 0 Å². The number of hydrogen-bond acceptors (Lipinski definition) is 6. The molecular formula is C28H33NO6. The number of rotatable bonds is 5. The molecule has 2 aromatic carbocycles. The van der Waals surface area contributed by atoms with Gasteiger partial charge in [0.2, 0.25) is 11.7 Å². The van der Waals surface area contributed by atoms with Gasteiger partial charge in [0.25, 0.3) is 0 Å². The molecule has 1 unspecified atom stereocenters. The zero-order chi connectivity index (χ0) is 24.6. The number of nitrogens with zero attached hydrogens (tertiary/aromatic N) is 1. The van der Waals surface area contributed by atoms with Gasteiger partial charge in [0.1, 0.15) is 13.2 Å². The van der Waals surface area contributed by atoms with E-state index in [1.807, 2.05) is 17.0 Å². The van der Waals surface area contributed by atoms with E-state index in [1.165, 1.54) is 18.4 Å². The summed E-state index contributed by atoms with van der Waals surface area (Å²) < 4.78 is 28.1. The number of benzene rings is 2. The second kappa shape index (κ2) is 9.36. The van der Waals surface area contributed by atoms with Gasteiger partial charge < -0.3 is 28.6 Å². The highest BCUT2D eigenvalue weighted by Crippen LogP contribution is 2.52. The van der Waals surface area contributed by atoms with Gasteiger partial charge in [-0.25, -0.2) is 0 Å². The average molecular weight is 480 g/mol. The van der Waals surface area contributed by atoms with Crippen molar-refractivity contribution in [2.75, 3.05) is 41.1 Å². The third-order valence-electron chi connectivity index (χ3n) is 7.63. The molecule has 1 saturated carbocycles. The van der Waals surface area contributed by atoms with Crippen LogP contribution in [0.2, 0.25) is 0 Å². The highest BCUT2D eigenvalue weighted by Gasteiger charge is 2.46. The minimum atomic E-state index is -0.0656. The number of ether oxygens (including phenoxy) is 5. The lowest BCUT2D eigenvalue weighted by atomic mass is 9.71. The molecule has 2 aromatic rings. The van der Waals surface area contributed by atoms with Crippen molar-refractivity contribution in [1.82, 2.24) is 4.90 Å². The van der Waals surface area contributed by atoms with Crippen LogP contribution in [0.3, 0.4) is 0 Å². The minimum absolute atomic E-state index is 0.0157. The SMILES string of the molecule is COc1cc(/C=C/C(=O)N2CC3(CCCC3)c3cc4c(cc3C2C)OCCO4)cc(OC)c1OC. The molecule has 0 aromatic heterocycles. The Hall–Kier alpha value is -3.35. The lowest BCUT2D eigenvalue weighted by Gasteiger charge is -2.46. The minimum Gasteiger partial charge on any atom is -0.493 e. The summed E-state index contributed by atoms with van der Waals surface area (Å²) in [5.41, 5.74) is 3.25. The largest absolute Gasteiger partial charge is 0.493 e. The molecule has 1 atom stereocenters. The summed E-state index contributed by atoms with van der Waals surface area (Å²) in [6.45, 7) is 3.93. The first kappa shape index (κ1) is 23.4.